The number of benzene rings is 1. The van der Waals surface area contributed by atoms with Crippen molar-refractivity contribution in [2.75, 3.05) is 21.2 Å². The van der Waals surface area contributed by atoms with Crippen LogP contribution >= 0.6 is 0 Å². The Hall–Kier alpha value is -2.10. The molecule has 4 nitrogen and oxygen atoms in total. The van der Waals surface area contributed by atoms with Gasteiger partial charge in [-0.05, 0) is 12.1 Å². The summed E-state index contributed by atoms with van der Waals surface area (Å²) in [7, 11) is 4.96. The monoisotopic (exact) mass is 233 g/mol. The van der Waals surface area contributed by atoms with Crippen molar-refractivity contribution >= 4 is 11.8 Å². The molecule has 1 rings (SSSR count). The van der Waals surface area contributed by atoms with Crippen molar-refractivity contribution in [3.63, 3.8) is 0 Å². The molecule has 90 valence electrons. The van der Waals surface area contributed by atoms with E-state index in [0.29, 0.717) is 11.1 Å². The molecule has 0 bridgehead atoms. The first-order valence-corrected chi connectivity index (χ1v) is 5.12. The van der Waals surface area contributed by atoms with Gasteiger partial charge < -0.3 is 9.64 Å². The Bertz CT molecular complexity index is 450. The first kappa shape index (κ1) is 13.0. The van der Waals surface area contributed by atoms with Gasteiger partial charge in [0.25, 0.3) is 0 Å². The molecule has 0 saturated carbocycles. The maximum atomic E-state index is 11.7. The molecule has 1 aromatic carbocycles. The van der Waals surface area contributed by atoms with Crippen LogP contribution in [0.4, 0.5) is 0 Å². The number of esters is 1. The lowest BCUT2D eigenvalue weighted by Gasteiger charge is -2.03. The highest BCUT2D eigenvalue weighted by Crippen LogP contribution is 2.08. The van der Waals surface area contributed by atoms with Gasteiger partial charge in [-0.3, -0.25) is 4.79 Å². The van der Waals surface area contributed by atoms with Gasteiger partial charge in [0.15, 0.2) is 5.78 Å². The molecule has 17 heavy (non-hydrogen) atoms. The molecule has 0 unspecified atom stereocenters. The Morgan fingerprint density at radius 2 is 1.88 bits per heavy atom. The molecule has 4 heteroatoms. The highest BCUT2D eigenvalue weighted by molar-refractivity contribution is 6.05. The molecule has 0 aliphatic heterocycles. The number of hydrogen-bond acceptors (Lipinski definition) is 4. The summed E-state index contributed by atoms with van der Waals surface area (Å²) in [4.78, 5) is 24.8. The van der Waals surface area contributed by atoms with Gasteiger partial charge in [-0.25, -0.2) is 4.79 Å². The van der Waals surface area contributed by atoms with Crippen molar-refractivity contribution in [1.82, 2.24) is 4.90 Å². The zero-order chi connectivity index (χ0) is 12.8. The Kier molecular flexibility index (Phi) is 4.46. The summed E-state index contributed by atoms with van der Waals surface area (Å²) >= 11 is 0. The summed E-state index contributed by atoms with van der Waals surface area (Å²) in [6, 6.07) is 6.45. The summed E-state index contributed by atoms with van der Waals surface area (Å²) in [5, 5.41) is 0. The summed E-state index contributed by atoms with van der Waals surface area (Å²) in [6.45, 7) is 0. The molecular weight excluding hydrogens is 218 g/mol. The van der Waals surface area contributed by atoms with E-state index in [1.165, 1.54) is 19.3 Å². The predicted molar refractivity (Wildman–Crippen MR) is 64.9 cm³/mol. The quantitative estimate of drug-likeness (QED) is 0.451. The highest BCUT2D eigenvalue weighted by atomic mass is 16.5. The second kappa shape index (κ2) is 5.84. The van der Waals surface area contributed by atoms with E-state index in [1.54, 1.807) is 29.3 Å². The van der Waals surface area contributed by atoms with Gasteiger partial charge in [0, 0.05) is 31.9 Å². The molecule has 0 heterocycles. The van der Waals surface area contributed by atoms with Crippen molar-refractivity contribution in [2.45, 2.75) is 0 Å². The number of rotatable bonds is 4. The van der Waals surface area contributed by atoms with Crippen LogP contribution in [0, 0.1) is 0 Å². The molecule has 0 atom stereocenters. The van der Waals surface area contributed by atoms with Gasteiger partial charge in [0.1, 0.15) is 0 Å². The van der Waals surface area contributed by atoms with E-state index in [-0.39, 0.29) is 5.78 Å². The Balaban J connectivity index is 2.92. The smallest absolute Gasteiger partial charge is 0.337 e. The van der Waals surface area contributed by atoms with Crippen LogP contribution in [0.1, 0.15) is 20.7 Å². The van der Waals surface area contributed by atoms with Crippen molar-refractivity contribution in [1.29, 1.82) is 0 Å². The van der Waals surface area contributed by atoms with Crippen molar-refractivity contribution in [3.8, 4) is 0 Å². The summed E-state index contributed by atoms with van der Waals surface area (Å²) in [5.74, 6) is -0.597. The lowest BCUT2D eigenvalue weighted by Crippen LogP contribution is -2.05. The van der Waals surface area contributed by atoms with E-state index in [0.717, 1.165) is 0 Å². The standard InChI is InChI=1S/C13H15NO3/c1-14(2)8-7-12(15)10-5-4-6-11(9-10)13(16)17-3/h4-9H,1-3H3/b8-7+. The van der Waals surface area contributed by atoms with Crippen LogP contribution in [-0.2, 0) is 4.74 Å². The molecule has 0 fully saturated rings. The minimum Gasteiger partial charge on any atom is -0.465 e. The minimum atomic E-state index is -0.448. The maximum absolute atomic E-state index is 11.7. The van der Waals surface area contributed by atoms with E-state index in [1.807, 2.05) is 14.1 Å². The first-order valence-electron chi connectivity index (χ1n) is 5.12. The third kappa shape index (κ3) is 3.75. The molecule has 0 aliphatic rings. The average Bonchev–Trinajstić information content (AvgIpc) is 2.35. The van der Waals surface area contributed by atoms with Crippen molar-refractivity contribution in [3.05, 3.63) is 47.7 Å². The maximum Gasteiger partial charge on any atom is 0.337 e. The number of allylic oxidation sites excluding steroid dienone is 1. The fraction of sp³-hybridized carbons (Fsp3) is 0.231. The van der Waals surface area contributed by atoms with Gasteiger partial charge in [0.05, 0.1) is 12.7 Å². The van der Waals surface area contributed by atoms with Crippen LogP contribution in [0.5, 0.6) is 0 Å². The predicted octanol–water partition coefficient (Wildman–Crippen LogP) is 1.73. The van der Waals surface area contributed by atoms with Crippen LogP contribution in [0.2, 0.25) is 0 Å². The topological polar surface area (TPSA) is 46.6 Å². The van der Waals surface area contributed by atoms with Crippen molar-refractivity contribution in [2.24, 2.45) is 0 Å². The molecular formula is C13H15NO3. The lowest BCUT2D eigenvalue weighted by atomic mass is 10.1. The molecule has 0 amide bonds. The molecule has 0 aromatic heterocycles. The zero-order valence-electron chi connectivity index (χ0n) is 10.1. The molecule has 0 N–H and O–H groups in total. The van der Waals surface area contributed by atoms with Gasteiger partial charge in [0.2, 0.25) is 0 Å². The fourth-order valence-electron chi connectivity index (χ4n) is 1.23. The Morgan fingerprint density at radius 3 is 2.47 bits per heavy atom. The van der Waals surface area contributed by atoms with Crippen LogP contribution < -0.4 is 0 Å². The number of ketones is 1. The lowest BCUT2D eigenvalue weighted by molar-refractivity contribution is 0.0600. The SMILES string of the molecule is COC(=O)c1cccc(C(=O)/C=C/N(C)C)c1. The normalized spacial score (nSPS) is 10.3. The first-order chi connectivity index (χ1) is 8.04. The van der Waals surface area contributed by atoms with Crippen molar-refractivity contribution < 1.29 is 14.3 Å². The van der Waals surface area contributed by atoms with Gasteiger partial charge in [-0.1, -0.05) is 12.1 Å². The van der Waals surface area contributed by atoms with Gasteiger partial charge >= 0.3 is 5.97 Å². The second-order valence-corrected chi connectivity index (χ2v) is 3.72. The summed E-state index contributed by atoms with van der Waals surface area (Å²) in [6.07, 6.45) is 3.11. The summed E-state index contributed by atoms with van der Waals surface area (Å²) < 4.78 is 4.59. The van der Waals surface area contributed by atoms with Crippen LogP contribution in [0.25, 0.3) is 0 Å². The molecule has 0 saturated heterocycles. The third-order valence-electron chi connectivity index (χ3n) is 2.09. The Labute approximate surface area is 100 Å². The number of hydrogen-bond donors (Lipinski definition) is 0. The fourth-order valence-corrected chi connectivity index (χ4v) is 1.23. The molecule has 1 aromatic rings. The minimum absolute atomic E-state index is 0.149. The number of carbonyl (C=O) groups is 2. The average molecular weight is 233 g/mol. The van der Waals surface area contributed by atoms with E-state index < -0.39 is 5.97 Å². The zero-order valence-corrected chi connectivity index (χ0v) is 10.1. The number of nitrogens with zero attached hydrogens (tertiary/aromatic N) is 1. The van der Waals surface area contributed by atoms with Gasteiger partial charge in [-0.2, -0.15) is 0 Å². The van der Waals surface area contributed by atoms with Crippen LogP contribution in [-0.4, -0.2) is 37.9 Å². The second-order valence-electron chi connectivity index (χ2n) is 3.72. The van der Waals surface area contributed by atoms with Crippen LogP contribution in [0.15, 0.2) is 36.5 Å². The van der Waals surface area contributed by atoms with E-state index >= 15 is 0 Å². The van der Waals surface area contributed by atoms with Gasteiger partial charge in [-0.15, -0.1) is 0 Å². The van der Waals surface area contributed by atoms with E-state index in [2.05, 4.69) is 4.74 Å². The molecule has 0 aliphatic carbocycles. The third-order valence-corrected chi connectivity index (χ3v) is 2.09. The Morgan fingerprint density at radius 1 is 1.24 bits per heavy atom. The number of methoxy groups -OCH3 is 1. The van der Waals surface area contributed by atoms with E-state index in [4.69, 9.17) is 0 Å². The molecule has 0 radical (unpaired) electrons. The van der Waals surface area contributed by atoms with E-state index in [9.17, 15) is 9.59 Å². The van der Waals surface area contributed by atoms with Crippen LogP contribution in [0.3, 0.4) is 0 Å². The summed E-state index contributed by atoms with van der Waals surface area (Å²) in [5.41, 5.74) is 0.836. The highest BCUT2D eigenvalue weighted by Gasteiger charge is 2.08. The number of ether oxygens (including phenoxy) is 1. The molecule has 0 spiro atoms. The number of carbonyl (C=O) groups excluding carboxylic acids is 2. The largest absolute Gasteiger partial charge is 0.465 e.